The zero-order valence-corrected chi connectivity index (χ0v) is 11.6. The summed E-state index contributed by atoms with van der Waals surface area (Å²) < 4.78 is 14.2. The largest absolute Gasteiger partial charge is 0.354 e. The molecular formula is C16H11FN2O3. The van der Waals surface area contributed by atoms with Crippen LogP contribution in [0.4, 0.5) is 10.1 Å². The molecule has 0 saturated carbocycles. The van der Waals surface area contributed by atoms with E-state index in [4.69, 9.17) is 0 Å². The Morgan fingerprint density at radius 2 is 2.05 bits per heavy atom. The first-order valence-electron chi connectivity index (χ1n) is 6.53. The average molecular weight is 298 g/mol. The highest BCUT2D eigenvalue weighted by molar-refractivity contribution is 6.05. The Morgan fingerprint density at radius 1 is 1.27 bits per heavy atom. The number of fused-ring (bicyclic) bond motifs is 1. The number of carbonyl (C=O) groups is 1. The lowest BCUT2D eigenvalue weighted by Gasteiger charge is -2.02. The molecule has 0 aliphatic rings. The summed E-state index contributed by atoms with van der Waals surface area (Å²) in [5, 5.41) is 11.4. The van der Waals surface area contributed by atoms with Gasteiger partial charge in [-0.25, -0.2) is 4.39 Å². The van der Waals surface area contributed by atoms with Crippen LogP contribution in [0.5, 0.6) is 0 Å². The number of nitrogens with zero attached hydrogens (tertiary/aromatic N) is 1. The number of aromatic amines is 1. The van der Waals surface area contributed by atoms with Gasteiger partial charge in [-0.15, -0.1) is 0 Å². The lowest BCUT2D eigenvalue weighted by Crippen LogP contribution is -1.93. The van der Waals surface area contributed by atoms with Crippen LogP contribution in [0.2, 0.25) is 0 Å². The number of non-ortho nitro benzene ring substituents is 1. The van der Waals surface area contributed by atoms with Crippen molar-refractivity contribution in [2.24, 2.45) is 0 Å². The number of para-hydroxylation sites is 1. The number of halogens is 1. The standard InChI is InChI=1S/C16H11FN2O3/c1-9-3-2-4-11-13(8-20)16(18-15(9)11)12-6-5-10(19(21)22)7-14(12)17/h2-8,18H,1H3. The van der Waals surface area contributed by atoms with Gasteiger partial charge in [0.05, 0.1) is 16.7 Å². The summed E-state index contributed by atoms with van der Waals surface area (Å²) in [5.74, 6) is -0.749. The number of carbonyl (C=O) groups excluding carboxylic acids is 1. The number of hydrogen-bond donors (Lipinski definition) is 1. The summed E-state index contributed by atoms with van der Waals surface area (Å²) in [6.45, 7) is 1.88. The van der Waals surface area contributed by atoms with Gasteiger partial charge in [0.25, 0.3) is 5.69 Å². The molecule has 5 nitrogen and oxygen atoms in total. The minimum atomic E-state index is -0.749. The topological polar surface area (TPSA) is 76.0 Å². The first kappa shape index (κ1) is 13.9. The second kappa shape index (κ2) is 5.07. The van der Waals surface area contributed by atoms with Crippen LogP contribution >= 0.6 is 0 Å². The summed E-state index contributed by atoms with van der Waals surface area (Å²) >= 11 is 0. The van der Waals surface area contributed by atoms with Crippen molar-refractivity contribution in [2.45, 2.75) is 6.92 Å². The zero-order valence-electron chi connectivity index (χ0n) is 11.6. The highest BCUT2D eigenvalue weighted by Gasteiger charge is 2.18. The number of aldehydes is 1. The van der Waals surface area contributed by atoms with E-state index < -0.39 is 10.7 Å². The average Bonchev–Trinajstić information content (AvgIpc) is 2.86. The maximum atomic E-state index is 14.2. The zero-order chi connectivity index (χ0) is 15.9. The monoisotopic (exact) mass is 298 g/mol. The molecule has 3 aromatic rings. The Morgan fingerprint density at radius 3 is 2.68 bits per heavy atom. The van der Waals surface area contributed by atoms with Crippen molar-refractivity contribution in [1.82, 2.24) is 4.98 Å². The molecule has 0 aliphatic carbocycles. The molecular weight excluding hydrogens is 287 g/mol. The molecule has 6 heteroatoms. The van der Waals surface area contributed by atoms with Crippen LogP contribution in [0.15, 0.2) is 36.4 Å². The summed E-state index contributed by atoms with van der Waals surface area (Å²) in [7, 11) is 0. The number of rotatable bonds is 3. The van der Waals surface area contributed by atoms with E-state index in [0.29, 0.717) is 22.9 Å². The van der Waals surface area contributed by atoms with Crippen molar-refractivity contribution < 1.29 is 14.1 Å². The van der Waals surface area contributed by atoms with Gasteiger partial charge in [-0.2, -0.15) is 0 Å². The molecule has 0 atom stereocenters. The van der Waals surface area contributed by atoms with E-state index in [0.717, 1.165) is 17.1 Å². The van der Waals surface area contributed by atoms with Crippen LogP contribution in [-0.4, -0.2) is 16.2 Å². The fraction of sp³-hybridized carbons (Fsp3) is 0.0625. The minimum absolute atomic E-state index is 0.128. The quantitative estimate of drug-likeness (QED) is 0.451. The fourth-order valence-corrected chi connectivity index (χ4v) is 2.54. The molecule has 3 rings (SSSR count). The maximum Gasteiger partial charge on any atom is 0.272 e. The highest BCUT2D eigenvalue weighted by atomic mass is 19.1. The molecule has 1 aromatic heterocycles. The third-order valence-corrected chi connectivity index (χ3v) is 3.63. The molecule has 0 spiro atoms. The van der Waals surface area contributed by atoms with E-state index in [9.17, 15) is 19.3 Å². The number of hydrogen-bond acceptors (Lipinski definition) is 3. The number of nitrogens with one attached hydrogen (secondary N) is 1. The second-order valence-electron chi connectivity index (χ2n) is 4.95. The van der Waals surface area contributed by atoms with Gasteiger partial charge in [0.1, 0.15) is 5.82 Å². The molecule has 110 valence electrons. The van der Waals surface area contributed by atoms with Crippen molar-refractivity contribution in [3.8, 4) is 11.3 Å². The van der Waals surface area contributed by atoms with E-state index in [1.54, 1.807) is 6.07 Å². The predicted molar refractivity (Wildman–Crippen MR) is 80.5 cm³/mol. The SMILES string of the molecule is Cc1cccc2c(C=O)c(-c3ccc([N+](=O)[O-])cc3F)[nH]c12. The first-order chi connectivity index (χ1) is 10.5. The summed E-state index contributed by atoms with van der Waals surface area (Å²) in [5.41, 5.74) is 2.13. The van der Waals surface area contributed by atoms with Crippen molar-refractivity contribution in [3.05, 3.63) is 63.5 Å². The minimum Gasteiger partial charge on any atom is -0.354 e. The molecule has 0 unspecified atom stereocenters. The third-order valence-electron chi connectivity index (χ3n) is 3.63. The molecule has 1 N–H and O–H groups in total. The van der Waals surface area contributed by atoms with Crippen molar-refractivity contribution in [2.75, 3.05) is 0 Å². The van der Waals surface area contributed by atoms with Crippen LogP contribution in [0.1, 0.15) is 15.9 Å². The Hall–Kier alpha value is -3.02. The Labute approximate surface area is 124 Å². The van der Waals surface area contributed by atoms with Gasteiger partial charge in [0, 0.05) is 28.1 Å². The number of aromatic nitrogens is 1. The van der Waals surface area contributed by atoms with E-state index >= 15 is 0 Å². The molecule has 1 heterocycles. The summed E-state index contributed by atoms with van der Waals surface area (Å²) in [6.07, 6.45) is 0.661. The van der Waals surface area contributed by atoms with Crippen LogP contribution in [0, 0.1) is 22.9 Å². The van der Waals surface area contributed by atoms with Crippen molar-refractivity contribution in [1.29, 1.82) is 0 Å². The Kier molecular flexibility index (Phi) is 3.21. The number of aryl methyl sites for hydroxylation is 1. The van der Waals surface area contributed by atoms with Gasteiger partial charge >= 0.3 is 0 Å². The Balaban J connectivity index is 2.28. The van der Waals surface area contributed by atoms with E-state index in [-0.39, 0.29) is 11.3 Å². The normalized spacial score (nSPS) is 10.8. The number of H-pyrrole nitrogens is 1. The molecule has 0 radical (unpaired) electrons. The van der Waals surface area contributed by atoms with E-state index in [2.05, 4.69) is 4.98 Å². The number of nitro groups is 1. The molecule has 0 bridgehead atoms. The van der Waals surface area contributed by atoms with Crippen molar-refractivity contribution >= 4 is 22.9 Å². The Bertz CT molecular complexity index is 915. The fourth-order valence-electron chi connectivity index (χ4n) is 2.54. The van der Waals surface area contributed by atoms with Gasteiger partial charge in [0.15, 0.2) is 6.29 Å². The summed E-state index contributed by atoms with van der Waals surface area (Å²) in [6, 6.07) is 8.83. The van der Waals surface area contributed by atoms with Gasteiger partial charge in [-0.1, -0.05) is 18.2 Å². The van der Waals surface area contributed by atoms with Crippen molar-refractivity contribution in [3.63, 3.8) is 0 Å². The van der Waals surface area contributed by atoms with Crippen LogP contribution in [-0.2, 0) is 0 Å². The van der Waals surface area contributed by atoms with Gasteiger partial charge in [0.2, 0.25) is 0 Å². The van der Waals surface area contributed by atoms with Crippen LogP contribution < -0.4 is 0 Å². The lowest BCUT2D eigenvalue weighted by atomic mass is 10.0. The molecule has 0 saturated heterocycles. The van der Waals surface area contributed by atoms with Gasteiger partial charge in [-0.3, -0.25) is 14.9 Å². The number of benzene rings is 2. The molecule has 0 fully saturated rings. The van der Waals surface area contributed by atoms with Crippen LogP contribution in [0.3, 0.4) is 0 Å². The van der Waals surface area contributed by atoms with Gasteiger partial charge < -0.3 is 4.98 Å². The van der Waals surface area contributed by atoms with E-state index in [1.807, 2.05) is 19.1 Å². The number of nitro benzene ring substituents is 1. The highest BCUT2D eigenvalue weighted by Crippen LogP contribution is 2.33. The molecule has 0 amide bonds. The molecule has 0 aliphatic heterocycles. The first-order valence-corrected chi connectivity index (χ1v) is 6.53. The molecule has 2 aromatic carbocycles. The van der Waals surface area contributed by atoms with Gasteiger partial charge in [-0.05, 0) is 18.6 Å². The second-order valence-corrected chi connectivity index (χ2v) is 4.95. The molecule has 22 heavy (non-hydrogen) atoms. The van der Waals surface area contributed by atoms with Crippen LogP contribution in [0.25, 0.3) is 22.2 Å². The lowest BCUT2D eigenvalue weighted by molar-refractivity contribution is -0.385. The van der Waals surface area contributed by atoms with E-state index in [1.165, 1.54) is 12.1 Å². The predicted octanol–water partition coefficient (Wildman–Crippen LogP) is 4.00. The summed E-state index contributed by atoms with van der Waals surface area (Å²) in [4.78, 5) is 24.5. The maximum absolute atomic E-state index is 14.2. The third kappa shape index (κ3) is 2.05. The smallest absolute Gasteiger partial charge is 0.272 e.